The Labute approximate surface area is 102 Å². The molecule has 0 saturated heterocycles. The molecular formula is C14H20O3. The second-order valence-electron chi connectivity index (χ2n) is 4.29. The Morgan fingerprint density at radius 3 is 2.12 bits per heavy atom. The Balaban J connectivity index is 0.000000686. The Morgan fingerprint density at radius 2 is 1.59 bits per heavy atom. The van der Waals surface area contributed by atoms with Crippen LogP contribution in [0.4, 0.5) is 0 Å². The highest BCUT2D eigenvalue weighted by atomic mass is 16.3. The van der Waals surface area contributed by atoms with E-state index in [0.717, 1.165) is 26.4 Å². The van der Waals surface area contributed by atoms with E-state index < -0.39 is 5.60 Å². The molecule has 1 aromatic rings. The van der Waals surface area contributed by atoms with Crippen LogP contribution in [0.2, 0.25) is 0 Å². The van der Waals surface area contributed by atoms with Crippen LogP contribution in [0.25, 0.3) is 0 Å². The first-order valence-electron chi connectivity index (χ1n) is 5.99. The third-order valence-electron chi connectivity index (χ3n) is 3.14. The van der Waals surface area contributed by atoms with Crippen molar-refractivity contribution in [3.05, 3.63) is 35.9 Å². The lowest BCUT2D eigenvalue weighted by atomic mass is 9.79. The molecule has 0 bridgehead atoms. The molecule has 0 aliphatic heterocycles. The fraction of sp³-hybridized carbons (Fsp3) is 0.500. The van der Waals surface area contributed by atoms with Crippen molar-refractivity contribution in [3.63, 3.8) is 0 Å². The fourth-order valence-electron chi connectivity index (χ4n) is 2.22. The van der Waals surface area contributed by atoms with Crippen LogP contribution in [0.3, 0.4) is 0 Å². The van der Waals surface area contributed by atoms with Crippen molar-refractivity contribution in [2.75, 3.05) is 7.11 Å². The second kappa shape index (κ2) is 6.52. The Hall–Kier alpha value is -1.19. The van der Waals surface area contributed by atoms with E-state index in [1.807, 2.05) is 18.2 Å². The van der Waals surface area contributed by atoms with E-state index in [0.29, 0.717) is 18.4 Å². The lowest BCUT2D eigenvalue weighted by Crippen LogP contribution is -2.40. The van der Waals surface area contributed by atoms with Crippen LogP contribution in [0.5, 0.6) is 0 Å². The molecule has 1 aromatic carbocycles. The highest BCUT2D eigenvalue weighted by Gasteiger charge is 2.37. The van der Waals surface area contributed by atoms with Crippen molar-refractivity contribution in [2.45, 2.75) is 37.7 Å². The molecule has 1 fully saturated rings. The number of carbonyl (C=O) groups is 1. The van der Waals surface area contributed by atoms with Gasteiger partial charge < -0.3 is 10.2 Å². The zero-order valence-electron chi connectivity index (χ0n) is 10.2. The van der Waals surface area contributed by atoms with Crippen LogP contribution in [0.1, 0.15) is 42.5 Å². The van der Waals surface area contributed by atoms with Gasteiger partial charge in [-0.15, -0.1) is 0 Å². The number of hydrogen-bond donors (Lipinski definition) is 2. The van der Waals surface area contributed by atoms with Crippen molar-refractivity contribution < 1.29 is 15.0 Å². The molecule has 0 spiro atoms. The Bertz CT molecular complexity index is 340. The van der Waals surface area contributed by atoms with Crippen LogP contribution < -0.4 is 0 Å². The van der Waals surface area contributed by atoms with E-state index in [4.69, 9.17) is 5.11 Å². The standard InChI is InChI=1S/C13H16O2.CH4O/c14-12(11-7-3-1-4-8-11)13(15)9-5-2-6-10-13;1-2/h1,3-4,7-8,15H,2,5-6,9-10H2;2H,1H3. The summed E-state index contributed by atoms with van der Waals surface area (Å²) < 4.78 is 0. The number of carbonyl (C=O) groups excluding carboxylic acids is 1. The minimum absolute atomic E-state index is 0.109. The first-order valence-corrected chi connectivity index (χ1v) is 5.99. The normalized spacial score (nSPS) is 17.8. The van der Waals surface area contributed by atoms with Crippen LogP contribution >= 0.6 is 0 Å². The predicted octanol–water partition coefficient (Wildman–Crippen LogP) is 2.17. The summed E-state index contributed by atoms with van der Waals surface area (Å²) in [5.41, 5.74) is -0.471. The monoisotopic (exact) mass is 236 g/mol. The van der Waals surface area contributed by atoms with E-state index in [2.05, 4.69) is 0 Å². The molecule has 0 unspecified atom stereocenters. The predicted molar refractivity (Wildman–Crippen MR) is 67.0 cm³/mol. The molecular weight excluding hydrogens is 216 g/mol. The van der Waals surface area contributed by atoms with Gasteiger partial charge in [-0.1, -0.05) is 49.6 Å². The molecule has 1 aliphatic carbocycles. The maximum absolute atomic E-state index is 12.1. The van der Waals surface area contributed by atoms with Gasteiger partial charge >= 0.3 is 0 Å². The van der Waals surface area contributed by atoms with E-state index in [-0.39, 0.29) is 5.78 Å². The lowest BCUT2D eigenvalue weighted by molar-refractivity contribution is 0.0116. The molecule has 0 atom stereocenters. The number of aliphatic hydroxyl groups is 2. The van der Waals surface area contributed by atoms with Crippen molar-refractivity contribution in [2.24, 2.45) is 0 Å². The van der Waals surface area contributed by atoms with Crippen LogP contribution in [-0.2, 0) is 0 Å². The quantitative estimate of drug-likeness (QED) is 0.774. The number of aliphatic hydroxyl groups excluding tert-OH is 1. The number of Topliss-reactive ketones (excluding diaryl/α,β-unsaturated/α-hetero) is 1. The zero-order valence-corrected chi connectivity index (χ0v) is 10.2. The van der Waals surface area contributed by atoms with Gasteiger partial charge in [-0.25, -0.2) is 0 Å². The summed E-state index contributed by atoms with van der Waals surface area (Å²) in [6.07, 6.45) is 4.26. The molecule has 0 aromatic heterocycles. The molecule has 2 rings (SSSR count). The molecule has 0 radical (unpaired) electrons. The van der Waals surface area contributed by atoms with Crippen molar-refractivity contribution >= 4 is 5.78 Å². The summed E-state index contributed by atoms with van der Waals surface area (Å²) in [6, 6.07) is 9.09. The highest BCUT2D eigenvalue weighted by molar-refractivity contribution is 6.02. The van der Waals surface area contributed by atoms with Gasteiger partial charge in [-0.2, -0.15) is 0 Å². The Kier molecular flexibility index (Phi) is 5.32. The molecule has 94 valence electrons. The van der Waals surface area contributed by atoms with Crippen LogP contribution in [-0.4, -0.2) is 28.7 Å². The SMILES string of the molecule is CO.O=C(c1ccccc1)C1(O)CCCCC1. The van der Waals surface area contributed by atoms with Gasteiger partial charge in [0.15, 0.2) is 5.78 Å². The third-order valence-corrected chi connectivity index (χ3v) is 3.14. The van der Waals surface area contributed by atoms with Gasteiger partial charge in [0, 0.05) is 12.7 Å². The smallest absolute Gasteiger partial charge is 0.194 e. The summed E-state index contributed by atoms with van der Waals surface area (Å²) in [7, 11) is 1.00. The van der Waals surface area contributed by atoms with E-state index in [1.165, 1.54) is 0 Å². The average molecular weight is 236 g/mol. The minimum Gasteiger partial charge on any atom is -0.400 e. The fourth-order valence-corrected chi connectivity index (χ4v) is 2.22. The minimum atomic E-state index is -1.10. The molecule has 1 saturated carbocycles. The van der Waals surface area contributed by atoms with E-state index >= 15 is 0 Å². The summed E-state index contributed by atoms with van der Waals surface area (Å²) >= 11 is 0. The zero-order chi connectivity index (χ0) is 12.7. The second-order valence-corrected chi connectivity index (χ2v) is 4.29. The molecule has 0 heterocycles. The lowest BCUT2D eigenvalue weighted by Gasteiger charge is -2.30. The van der Waals surface area contributed by atoms with E-state index in [9.17, 15) is 9.90 Å². The molecule has 17 heavy (non-hydrogen) atoms. The maximum atomic E-state index is 12.1. The average Bonchev–Trinajstić information content (AvgIpc) is 2.42. The largest absolute Gasteiger partial charge is 0.400 e. The first kappa shape index (κ1) is 13.9. The summed E-state index contributed by atoms with van der Waals surface area (Å²) in [6.45, 7) is 0. The highest BCUT2D eigenvalue weighted by Crippen LogP contribution is 2.30. The van der Waals surface area contributed by atoms with Gasteiger partial charge in [-0.3, -0.25) is 4.79 Å². The van der Waals surface area contributed by atoms with Gasteiger partial charge in [-0.05, 0) is 12.8 Å². The van der Waals surface area contributed by atoms with Crippen molar-refractivity contribution in [1.82, 2.24) is 0 Å². The van der Waals surface area contributed by atoms with Gasteiger partial charge in [0.1, 0.15) is 5.60 Å². The Morgan fingerprint density at radius 1 is 1.06 bits per heavy atom. The molecule has 1 aliphatic rings. The van der Waals surface area contributed by atoms with Crippen molar-refractivity contribution in [3.8, 4) is 0 Å². The van der Waals surface area contributed by atoms with Gasteiger partial charge in [0.2, 0.25) is 0 Å². The number of rotatable bonds is 2. The van der Waals surface area contributed by atoms with E-state index in [1.54, 1.807) is 12.1 Å². The van der Waals surface area contributed by atoms with Gasteiger partial charge in [0.25, 0.3) is 0 Å². The van der Waals surface area contributed by atoms with Gasteiger partial charge in [0.05, 0.1) is 0 Å². The number of hydrogen-bond acceptors (Lipinski definition) is 3. The first-order chi connectivity index (χ1) is 8.22. The summed E-state index contributed by atoms with van der Waals surface area (Å²) in [4.78, 5) is 12.1. The molecule has 3 nitrogen and oxygen atoms in total. The molecule has 2 N–H and O–H groups in total. The summed E-state index contributed by atoms with van der Waals surface area (Å²) in [5, 5.41) is 17.2. The van der Waals surface area contributed by atoms with Crippen LogP contribution in [0.15, 0.2) is 30.3 Å². The van der Waals surface area contributed by atoms with Crippen molar-refractivity contribution in [1.29, 1.82) is 0 Å². The topological polar surface area (TPSA) is 57.5 Å². The molecule has 3 heteroatoms. The summed E-state index contributed by atoms with van der Waals surface area (Å²) in [5.74, 6) is -0.109. The maximum Gasteiger partial charge on any atom is 0.194 e. The molecule has 0 amide bonds. The number of ketones is 1. The number of benzene rings is 1. The van der Waals surface area contributed by atoms with Crippen LogP contribution in [0, 0.1) is 0 Å². The third kappa shape index (κ3) is 3.38.